The van der Waals surface area contributed by atoms with Gasteiger partial charge < -0.3 is 4.74 Å². The molecular formula is C34H39F3N6O4. The lowest BCUT2D eigenvalue weighted by molar-refractivity contribution is -0.204. The summed E-state index contributed by atoms with van der Waals surface area (Å²) < 4.78 is 52.2. The lowest BCUT2D eigenvalue weighted by Crippen LogP contribution is -2.59. The van der Waals surface area contributed by atoms with Crippen LogP contribution in [0.3, 0.4) is 0 Å². The van der Waals surface area contributed by atoms with Crippen molar-refractivity contribution < 1.29 is 22.7 Å². The summed E-state index contributed by atoms with van der Waals surface area (Å²) in [6, 6.07) is 5.06. The SMILES string of the molecule is CCCn1c(=O)c2c(nc(-c3cnn(Cc4cccc(C(F)(F)F)c4)c3)n2C(CC)OC(=O)C23CCC4CCC42CC3)n(CC)c1=O. The van der Waals surface area contributed by atoms with E-state index in [0.29, 0.717) is 29.9 Å². The Balaban J connectivity index is 1.33. The van der Waals surface area contributed by atoms with Crippen LogP contribution in [0.25, 0.3) is 22.6 Å². The number of fused-ring (bicyclic) bond motifs is 1. The molecular weight excluding hydrogens is 613 g/mol. The fourth-order valence-electron chi connectivity index (χ4n) is 8.63. The topological polar surface area (TPSA) is 106 Å². The number of aromatic nitrogens is 6. The third kappa shape index (κ3) is 4.62. The van der Waals surface area contributed by atoms with Crippen LogP contribution in [0.15, 0.2) is 46.2 Å². The van der Waals surface area contributed by atoms with Crippen molar-refractivity contribution in [3.8, 4) is 11.4 Å². The van der Waals surface area contributed by atoms with E-state index in [-0.39, 0.29) is 48.0 Å². The molecule has 0 amide bonds. The Morgan fingerprint density at radius 1 is 1.09 bits per heavy atom. The van der Waals surface area contributed by atoms with Crippen LogP contribution in [0.1, 0.15) is 89.5 Å². The van der Waals surface area contributed by atoms with Gasteiger partial charge in [0.15, 0.2) is 17.4 Å². The summed E-state index contributed by atoms with van der Waals surface area (Å²) in [5.41, 5.74) is -0.974. The molecule has 7 rings (SSSR count). The predicted octanol–water partition coefficient (Wildman–Crippen LogP) is 6.14. The molecule has 13 heteroatoms. The molecule has 3 heterocycles. The third-order valence-corrected chi connectivity index (χ3v) is 11.2. The molecule has 0 bridgehead atoms. The molecule has 0 saturated heterocycles. The summed E-state index contributed by atoms with van der Waals surface area (Å²) in [6.07, 6.45) is 4.58. The highest BCUT2D eigenvalue weighted by molar-refractivity contribution is 5.81. The number of carbonyl (C=O) groups is 1. The molecule has 3 aromatic heterocycles. The fraction of sp³-hybridized carbons (Fsp3) is 0.559. The highest BCUT2D eigenvalue weighted by Gasteiger charge is 2.73. The maximum atomic E-state index is 14.1. The Morgan fingerprint density at radius 3 is 2.51 bits per heavy atom. The normalized spacial score (nSPS) is 24.0. The average Bonchev–Trinajstić information content (AvgIpc) is 3.67. The summed E-state index contributed by atoms with van der Waals surface area (Å²) in [6.45, 7) is 6.09. The van der Waals surface area contributed by atoms with E-state index in [9.17, 15) is 27.6 Å². The molecule has 0 N–H and O–H groups in total. The largest absolute Gasteiger partial charge is 0.441 e. The van der Waals surface area contributed by atoms with Gasteiger partial charge in [0, 0.05) is 25.7 Å². The van der Waals surface area contributed by atoms with Crippen molar-refractivity contribution in [2.24, 2.45) is 16.7 Å². The number of alkyl halides is 3. The van der Waals surface area contributed by atoms with E-state index in [2.05, 4.69) is 5.10 Å². The van der Waals surface area contributed by atoms with Crippen LogP contribution in [0.2, 0.25) is 0 Å². The summed E-state index contributed by atoms with van der Waals surface area (Å²) in [7, 11) is 0. The molecule has 4 aromatic rings. The van der Waals surface area contributed by atoms with Crippen molar-refractivity contribution >= 4 is 17.1 Å². The first kappa shape index (κ1) is 31.4. The minimum Gasteiger partial charge on any atom is -0.441 e. The molecule has 3 aliphatic rings. The van der Waals surface area contributed by atoms with Crippen molar-refractivity contribution in [3.05, 3.63) is 68.6 Å². The van der Waals surface area contributed by atoms with Gasteiger partial charge in [0.1, 0.15) is 5.82 Å². The zero-order chi connectivity index (χ0) is 33.3. The Bertz CT molecular complexity index is 1990. The van der Waals surface area contributed by atoms with Gasteiger partial charge >= 0.3 is 17.8 Å². The van der Waals surface area contributed by atoms with Gasteiger partial charge in [-0.15, -0.1) is 0 Å². The predicted molar refractivity (Wildman–Crippen MR) is 167 cm³/mol. The number of esters is 1. The smallest absolute Gasteiger partial charge is 0.416 e. The molecule has 250 valence electrons. The fourth-order valence-corrected chi connectivity index (χ4v) is 8.63. The number of hydrogen-bond donors (Lipinski definition) is 0. The molecule has 47 heavy (non-hydrogen) atoms. The van der Waals surface area contributed by atoms with E-state index in [1.165, 1.54) is 26.1 Å². The van der Waals surface area contributed by atoms with Crippen LogP contribution in [-0.2, 0) is 35.3 Å². The van der Waals surface area contributed by atoms with E-state index in [1.807, 2.05) is 13.8 Å². The summed E-state index contributed by atoms with van der Waals surface area (Å²) in [4.78, 5) is 46.4. The minimum atomic E-state index is -4.47. The quantitative estimate of drug-likeness (QED) is 0.191. The average molecular weight is 653 g/mol. The molecule has 0 aliphatic heterocycles. The first-order chi connectivity index (χ1) is 22.5. The molecule has 3 aliphatic carbocycles. The van der Waals surface area contributed by atoms with Crippen molar-refractivity contribution in [1.82, 2.24) is 28.5 Å². The van der Waals surface area contributed by atoms with Crippen LogP contribution in [0.5, 0.6) is 0 Å². The number of carbonyl (C=O) groups excluding carboxylic acids is 1. The van der Waals surface area contributed by atoms with Gasteiger partial charge in [0.25, 0.3) is 5.56 Å². The molecule has 10 nitrogen and oxygen atoms in total. The van der Waals surface area contributed by atoms with Gasteiger partial charge in [-0.2, -0.15) is 18.3 Å². The van der Waals surface area contributed by atoms with Crippen molar-refractivity contribution in [2.45, 2.75) is 104 Å². The Hall–Kier alpha value is -4.16. The van der Waals surface area contributed by atoms with E-state index in [1.54, 1.807) is 23.8 Å². The first-order valence-corrected chi connectivity index (χ1v) is 16.6. The molecule has 0 radical (unpaired) electrons. The standard InChI is InChI=1S/C34H39F3N6O4/c1-4-16-42-29(44)26-28(41(6-3)31(42)46)39-27(22-18-38-40(20-22)19-21-8-7-9-24(17-21)34(35,36)37)43(26)25(5-2)47-30(45)33-13-11-23-10-12-32(23,33)14-15-33/h7-9,17-18,20,23,25H,4-6,10-16,19H2,1-3H3. The van der Waals surface area contributed by atoms with Crippen LogP contribution in [0, 0.1) is 16.7 Å². The molecule has 3 saturated carbocycles. The zero-order valence-corrected chi connectivity index (χ0v) is 26.8. The second-order valence-corrected chi connectivity index (χ2v) is 13.4. The molecule has 3 fully saturated rings. The number of halogens is 3. The number of benzene rings is 1. The Kier molecular flexibility index (Phi) is 7.51. The number of hydrogen-bond acceptors (Lipinski definition) is 6. The second-order valence-electron chi connectivity index (χ2n) is 13.4. The molecule has 1 spiro atoms. The van der Waals surface area contributed by atoms with Gasteiger partial charge in [0.05, 0.1) is 29.3 Å². The van der Waals surface area contributed by atoms with E-state index in [0.717, 1.165) is 50.7 Å². The van der Waals surface area contributed by atoms with Crippen LogP contribution >= 0.6 is 0 Å². The van der Waals surface area contributed by atoms with E-state index >= 15 is 0 Å². The van der Waals surface area contributed by atoms with Crippen molar-refractivity contribution in [1.29, 1.82) is 0 Å². The van der Waals surface area contributed by atoms with Crippen molar-refractivity contribution in [2.75, 3.05) is 0 Å². The second kappa shape index (κ2) is 11.2. The third-order valence-electron chi connectivity index (χ3n) is 11.2. The van der Waals surface area contributed by atoms with Gasteiger partial charge in [-0.25, -0.2) is 9.78 Å². The van der Waals surface area contributed by atoms with Gasteiger partial charge in [-0.3, -0.25) is 28.0 Å². The van der Waals surface area contributed by atoms with Gasteiger partial charge in [-0.05, 0) is 80.9 Å². The Morgan fingerprint density at radius 2 is 1.87 bits per heavy atom. The number of ether oxygens (including phenoxy) is 1. The lowest BCUT2D eigenvalue weighted by atomic mass is 9.41. The highest BCUT2D eigenvalue weighted by Crippen LogP contribution is 2.77. The van der Waals surface area contributed by atoms with Gasteiger partial charge in [0.2, 0.25) is 0 Å². The maximum absolute atomic E-state index is 14.1. The highest BCUT2D eigenvalue weighted by atomic mass is 19.4. The monoisotopic (exact) mass is 652 g/mol. The first-order valence-electron chi connectivity index (χ1n) is 16.6. The summed E-state index contributed by atoms with van der Waals surface area (Å²) in [5, 5.41) is 4.41. The summed E-state index contributed by atoms with van der Waals surface area (Å²) >= 11 is 0. The molecule has 4 atom stereocenters. The number of nitrogens with zero attached hydrogens (tertiary/aromatic N) is 6. The zero-order valence-electron chi connectivity index (χ0n) is 26.8. The number of imidazole rings is 1. The van der Waals surface area contributed by atoms with Crippen LogP contribution < -0.4 is 11.2 Å². The van der Waals surface area contributed by atoms with Gasteiger partial charge in [-0.1, -0.05) is 26.0 Å². The van der Waals surface area contributed by atoms with Crippen molar-refractivity contribution in [3.63, 3.8) is 0 Å². The molecule has 4 unspecified atom stereocenters. The van der Waals surface area contributed by atoms with Crippen LogP contribution in [0.4, 0.5) is 13.2 Å². The Labute approximate surface area is 269 Å². The van der Waals surface area contributed by atoms with E-state index in [4.69, 9.17) is 9.72 Å². The van der Waals surface area contributed by atoms with E-state index < -0.39 is 34.6 Å². The maximum Gasteiger partial charge on any atom is 0.416 e. The number of aryl methyl sites for hydroxylation is 1. The van der Waals surface area contributed by atoms with Crippen LogP contribution in [-0.4, -0.2) is 34.4 Å². The lowest BCUT2D eigenvalue weighted by Gasteiger charge is -2.62. The molecule has 1 aromatic carbocycles. The minimum absolute atomic E-state index is 0.0311. The summed E-state index contributed by atoms with van der Waals surface area (Å²) in [5.74, 6) is 0.622. The number of rotatable bonds is 10.